The Hall–Kier alpha value is -11.9. The maximum atomic E-state index is 7.03. The Morgan fingerprint density at radius 1 is 0.221 bits per heavy atom. The van der Waals surface area contributed by atoms with Gasteiger partial charge in [0.05, 0.1) is 22.1 Å². The molecule has 104 heavy (non-hydrogen) atoms. The van der Waals surface area contributed by atoms with Gasteiger partial charge in [0.1, 0.15) is 22.3 Å². The van der Waals surface area contributed by atoms with E-state index in [0.29, 0.717) is 0 Å². The first-order chi connectivity index (χ1) is 50.0. The minimum absolute atomic E-state index is 0.00355. The Kier molecular flexibility index (Phi) is 14.7. The van der Waals surface area contributed by atoms with Crippen LogP contribution in [0.15, 0.2) is 300 Å². The number of hydrogen-bond acceptors (Lipinski definition) is 4. The molecule has 0 aliphatic carbocycles. The average Bonchev–Trinajstić information content (AvgIpc) is 1.58. The van der Waals surface area contributed by atoms with Crippen molar-refractivity contribution in [1.82, 2.24) is 9.13 Å². The van der Waals surface area contributed by atoms with Gasteiger partial charge in [-0.05, 0) is 235 Å². The summed E-state index contributed by atoms with van der Waals surface area (Å²) in [6, 6.07) is 108. The summed E-state index contributed by atoms with van der Waals surface area (Å²) in [6.45, 7) is 27.6. The van der Waals surface area contributed by atoms with Crippen molar-refractivity contribution in [3.63, 3.8) is 0 Å². The van der Waals surface area contributed by atoms with E-state index in [0.717, 1.165) is 111 Å². The van der Waals surface area contributed by atoms with Crippen molar-refractivity contribution in [2.75, 3.05) is 9.80 Å². The van der Waals surface area contributed by atoms with Gasteiger partial charge >= 0.3 is 0 Å². The van der Waals surface area contributed by atoms with Gasteiger partial charge in [0.25, 0.3) is 0 Å². The first-order valence-electron chi connectivity index (χ1n) is 36.6. The summed E-state index contributed by atoms with van der Waals surface area (Å²) in [5.74, 6) is 0. The van der Waals surface area contributed by atoms with Gasteiger partial charge in [-0.3, -0.25) is 0 Å². The largest absolute Gasteiger partial charge is 0.456 e. The number of benzene rings is 14. The maximum absolute atomic E-state index is 7.03. The molecule has 0 saturated heterocycles. The number of fused-ring (bicyclic) bond motifs is 13. The number of furan rings is 2. The van der Waals surface area contributed by atoms with Crippen molar-refractivity contribution in [2.45, 2.75) is 105 Å². The predicted octanol–water partition coefficient (Wildman–Crippen LogP) is 28.3. The van der Waals surface area contributed by atoms with Crippen LogP contribution in [0.3, 0.4) is 0 Å². The lowest BCUT2D eigenvalue weighted by molar-refractivity contribution is 0.590. The monoisotopic (exact) mass is 1350 g/mol. The highest BCUT2D eigenvalue weighted by molar-refractivity contribution is 6.16. The van der Waals surface area contributed by atoms with Gasteiger partial charge in [0.15, 0.2) is 0 Å². The van der Waals surface area contributed by atoms with Crippen LogP contribution in [0.25, 0.3) is 132 Å². The second kappa shape index (κ2) is 23.9. The van der Waals surface area contributed by atoms with E-state index in [4.69, 9.17) is 8.83 Å². The zero-order chi connectivity index (χ0) is 71.3. The highest BCUT2D eigenvalue weighted by Gasteiger charge is 2.27. The fourth-order valence-electron chi connectivity index (χ4n) is 15.8. The third kappa shape index (κ3) is 11.1. The summed E-state index contributed by atoms with van der Waals surface area (Å²) in [7, 11) is 0. The Bertz CT molecular complexity index is 5900. The van der Waals surface area contributed by atoms with Crippen molar-refractivity contribution in [2.24, 2.45) is 0 Å². The molecule has 18 aromatic rings. The van der Waals surface area contributed by atoms with Crippen LogP contribution in [0.2, 0.25) is 0 Å². The molecule has 0 atom stereocenters. The third-order valence-electron chi connectivity index (χ3n) is 21.7. The predicted molar refractivity (Wildman–Crippen MR) is 442 cm³/mol. The molecule has 14 aromatic carbocycles. The zero-order valence-electron chi connectivity index (χ0n) is 61.3. The van der Waals surface area contributed by atoms with Gasteiger partial charge < -0.3 is 27.8 Å². The molecule has 0 N–H and O–H groups in total. The van der Waals surface area contributed by atoms with Crippen molar-refractivity contribution in [1.29, 1.82) is 0 Å². The van der Waals surface area contributed by atoms with E-state index in [-0.39, 0.29) is 21.7 Å². The van der Waals surface area contributed by atoms with Crippen LogP contribution in [0.5, 0.6) is 0 Å². The molecule has 0 spiro atoms. The summed E-state index contributed by atoms with van der Waals surface area (Å²) >= 11 is 0. The maximum Gasteiger partial charge on any atom is 0.137 e. The molecule has 0 radical (unpaired) electrons. The lowest BCUT2D eigenvalue weighted by atomic mass is 9.85. The zero-order valence-corrected chi connectivity index (χ0v) is 61.3. The van der Waals surface area contributed by atoms with Gasteiger partial charge in [0, 0.05) is 101 Å². The highest BCUT2D eigenvalue weighted by atomic mass is 16.3. The molecule has 0 amide bonds. The number of nitrogens with zero attached hydrogens (tertiary/aromatic N) is 4. The van der Waals surface area contributed by atoms with Crippen LogP contribution in [-0.2, 0) is 21.7 Å². The minimum atomic E-state index is -0.00355. The SMILES string of the molecule is CC(C)(C)c1ccc2c(c1)c1cc(C(C)(C)C)ccc1n2-c1cccc(N(c2ccc(-c3ccccc3)cc2)c2ccc3c(c2)oc2cc4cc5c(cc4cc23)oc2cc(N(c3ccc(-c4ccccc4)cc3)c3cccc(-n4c6ccc(C(C)(C)C)cc6c6cc(C(C)(C)C)ccc64)c3)ccc25)c1. The Labute approximate surface area is 608 Å². The van der Waals surface area contributed by atoms with Crippen molar-refractivity contribution < 1.29 is 8.83 Å². The van der Waals surface area contributed by atoms with E-state index in [1.807, 2.05) is 0 Å². The molecule has 0 fully saturated rings. The molecule has 0 aliphatic heterocycles. The smallest absolute Gasteiger partial charge is 0.137 e. The Balaban J connectivity index is 0.731. The van der Waals surface area contributed by atoms with Gasteiger partial charge in [-0.25, -0.2) is 0 Å². The van der Waals surface area contributed by atoms with Crippen LogP contribution in [0.1, 0.15) is 105 Å². The van der Waals surface area contributed by atoms with Gasteiger partial charge in [-0.1, -0.05) is 204 Å². The van der Waals surface area contributed by atoms with Crippen LogP contribution in [0.4, 0.5) is 34.1 Å². The molecular formula is C98H84N4O2. The first kappa shape index (κ1) is 64.3. The van der Waals surface area contributed by atoms with E-state index >= 15 is 0 Å². The fourth-order valence-corrected chi connectivity index (χ4v) is 15.8. The topological polar surface area (TPSA) is 42.6 Å². The number of rotatable bonds is 10. The van der Waals surface area contributed by atoms with Crippen LogP contribution >= 0.6 is 0 Å². The van der Waals surface area contributed by atoms with E-state index < -0.39 is 0 Å². The summed E-state index contributed by atoms with van der Waals surface area (Å²) in [6.07, 6.45) is 0. The van der Waals surface area contributed by atoms with Gasteiger partial charge in [-0.15, -0.1) is 0 Å². The van der Waals surface area contributed by atoms with Crippen molar-refractivity contribution >= 4 is 132 Å². The van der Waals surface area contributed by atoms with Crippen LogP contribution in [0, 0.1) is 0 Å². The molecule has 6 nitrogen and oxygen atoms in total. The van der Waals surface area contributed by atoms with E-state index in [1.54, 1.807) is 0 Å². The van der Waals surface area contributed by atoms with Crippen molar-refractivity contribution in [3.05, 3.63) is 313 Å². The average molecular weight is 1350 g/mol. The molecular weight excluding hydrogens is 1270 g/mol. The Morgan fingerprint density at radius 3 is 0.846 bits per heavy atom. The molecule has 6 heteroatoms. The molecule has 4 aromatic heterocycles. The molecule has 0 saturated carbocycles. The summed E-state index contributed by atoms with van der Waals surface area (Å²) < 4.78 is 19.0. The second-order valence-electron chi connectivity index (χ2n) is 32.7. The van der Waals surface area contributed by atoms with Crippen molar-refractivity contribution in [3.8, 4) is 33.6 Å². The summed E-state index contributed by atoms with van der Waals surface area (Å²) in [5, 5.41) is 11.4. The quantitative estimate of drug-likeness (QED) is 0.137. The fraction of sp³-hybridized carbons (Fsp3) is 0.163. The standard InChI is InChI=1S/C98H84N4O2/c1-95(2,3)67-33-45-87-81(53-67)82-54-68(96(4,5)6)34-46-88(82)101(87)75-27-19-25-73(57-75)99(71-37-29-63(30-38-71)61-21-15-13-16-22-61)77-41-43-79-85-49-65-52-92-86(50-66(65)51-91(85)103-93(79)59-77)80-44-42-78(60-94(80)104-92)100(72-39-31-64(32-40-72)62-23-17-14-18-24-62)74-26-20-28-76(58-74)102-89-47-35-69(97(7,8)9)55-83(89)84-56-70(98(10,11)12)36-48-90(84)102/h13-60H,1-12H3. The Morgan fingerprint density at radius 2 is 0.519 bits per heavy atom. The molecule has 4 heterocycles. The second-order valence-corrected chi connectivity index (χ2v) is 32.7. The first-order valence-corrected chi connectivity index (χ1v) is 36.6. The lowest BCUT2D eigenvalue weighted by Gasteiger charge is -2.26. The van der Waals surface area contributed by atoms with E-state index in [1.165, 1.54) is 77.0 Å². The number of hydrogen-bond donors (Lipinski definition) is 0. The van der Waals surface area contributed by atoms with Gasteiger partial charge in [-0.2, -0.15) is 0 Å². The molecule has 0 aliphatic rings. The van der Waals surface area contributed by atoms with Crippen LogP contribution < -0.4 is 9.80 Å². The summed E-state index contributed by atoms with van der Waals surface area (Å²) in [4.78, 5) is 4.73. The molecule has 0 unspecified atom stereocenters. The highest BCUT2D eigenvalue weighted by Crippen LogP contribution is 2.47. The lowest BCUT2D eigenvalue weighted by Crippen LogP contribution is -2.11. The van der Waals surface area contributed by atoms with Crippen LogP contribution in [-0.4, -0.2) is 9.13 Å². The van der Waals surface area contributed by atoms with E-state index in [2.05, 4.69) is 393 Å². The minimum Gasteiger partial charge on any atom is -0.456 e. The number of aromatic nitrogens is 2. The molecule has 508 valence electrons. The van der Waals surface area contributed by atoms with Gasteiger partial charge in [0.2, 0.25) is 0 Å². The third-order valence-corrected chi connectivity index (χ3v) is 21.7. The molecule has 18 rings (SSSR count). The number of anilines is 6. The summed E-state index contributed by atoms with van der Waals surface area (Å²) in [5.41, 5.74) is 26.3. The molecule has 0 bridgehead atoms. The van der Waals surface area contributed by atoms with E-state index in [9.17, 15) is 0 Å². The normalized spacial score (nSPS) is 12.6.